The molecule has 0 fully saturated rings. The molecular formula is C19H15Cl2NO3. The molecule has 1 heterocycles. The van der Waals surface area contributed by atoms with Gasteiger partial charge in [0.05, 0.1) is 22.7 Å². The van der Waals surface area contributed by atoms with Gasteiger partial charge in [-0.25, -0.2) is 0 Å². The Morgan fingerprint density at radius 3 is 2.60 bits per heavy atom. The molecule has 25 heavy (non-hydrogen) atoms. The molecule has 0 radical (unpaired) electrons. The van der Waals surface area contributed by atoms with Crippen LogP contribution < -0.4 is 9.47 Å². The van der Waals surface area contributed by atoms with Crippen LogP contribution in [0.25, 0.3) is 10.9 Å². The van der Waals surface area contributed by atoms with Crippen molar-refractivity contribution in [3.05, 3.63) is 63.8 Å². The Bertz CT molecular complexity index is 957. The minimum Gasteiger partial charge on any atom is -0.497 e. The predicted octanol–water partition coefficient (Wildman–Crippen LogP) is 5.12. The van der Waals surface area contributed by atoms with E-state index in [1.54, 1.807) is 25.3 Å². The largest absolute Gasteiger partial charge is 0.497 e. The van der Waals surface area contributed by atoms with E-state index in [-0.39, 0.29) is 12.4 Å². The third-order valence-corrected chi connectivity index (χ3v) is 4.45. The van der Waals surface area contributed by atoms with Gasteiger partial charge in [0, 0.05) is 22.7 Å². The van der Waals surface area contributed by atoms with Crippen LogP contribution in [0.5, 0.6) is 11.5 Å². The van der Waals surface area contributed by atoms with Crippen molar-refractivity contribution in [2.45, 2.75) is 6.92 Å². The number of nitrogens with zero attached hydrogens (tertiary/aromatic N) is 1. The van der Waals surface area contributed by atoms with Crippen LogP contribution in [0, 0.1) is 6.92 Å². The summed E-state index contributed by atoms with van der Waals surface area (Å²) in [6.45, 7) is 1.76. The maximum atomic E-state index is 12.4. The average Bonchev–Trinajstić information content (AvgIpc) is 2.61. The molecule has 0 aliphatic heterocycles. The van der Waals surface area contributed by atoms with Crippen molar-refractivity contribution >= 4 is 39.9 Å². The van der Waals surface area contributed by atoms with Crippen LogP contribution in [0.1, 0.15) is 16.1 Å². The van der Waals surface area contributed by atoms with Crippen molar-refractivity contribution < 1.29 is 14.3 Å². The lowest BCUT2D eigenvalue weighted by atomic mass is 10.1. The lowest BCUT2D eigenvalue weighted by Crippen LogP contribution is -2.12. The number of aromatic nitrogens is 1. The first kappa shape index (κ1) is 17.5. The number of hydrogen-bond donors (Lipinski definition) is 0. The second-order valence-corrected chi connectivity index (χ2v) is 6.30. The monoisotopic (exact) mass is 375 g/mol. The summed E-state index contributed by atoms with van der Waals surface area (Å²) >= 11 is 11.8. The summed E-state index contributed by atoms with van der Waals surface area (Å²) in [6, 6.07) is 12.1. The average molecular weight is 376 g/mol. The first-order valence-electron chi connectivity index (χ1n) is 7.54. The van der Waals surface area contributed by atoms with Gasteiger partial charge in [0.2, 0.25) is 0 Å². The van der Waals surface area contributed by atoms with Gasteiger partial charge in [-0.2, -0.15) is 0 Å². The first-order valence-corrected chi connectivity index (χ1v) is 8.30. The van der Waals surface area contributed by atoms with Crippen molar-refractivity contribution in [1.29, 1.82) is 0 Å². The molecule has 0 spiro atoms. The maximum absolute atomic E-state index is 12.4. The lowest BCUT2D eigenvalue weighted by Gasteiger charge is -2.11. The Morgan fingerprint density at radius 1 is 1.08 bits per heavy atom. The zero-order valence-corrected chi connectivity index (χ0v) is 15.2. The van der Waals surface area contributed by atoms with E-state index >= 15 is 0 Å². The standard InChI is InChI=1S/C19H15Cl2NO3/c1-11-7-19(14-9-13(24-2)4-6-17(14)22-11)25-10-18(23)12-3-5-15(20)16(21)8-12/h3-9H,10H2,1-2H3. The highest BCUT2D eigenvalue weighted by Gasteiger charge is 2.12. The van der Waals surface area contributed by atoms with Crippen LogP contribution in [0.4, 0.5) is 0 Å². The molecule has 128 valence electrons. The third kappa shape index (κ3) is 3.86. The number of methoxy groups -OCH3 is 1. The summed E-state index contributed by atoms with van der Waals surface area (Å²) in [5.41, 5.74) is 2.02. The van der Waals surface area contributed by atoms with E-state index in [0.29, 0.717) is 27.1 Å². The Kier molecular flexibility index (Phi) is 5.11. The highest BCUT2D eigenvalue weighted by Crippen LogP contribution is 2.29. The number of fused-ring (bicyclic) bond motifs is 1. The molecule has 1 aromatic heterocycles. The molecule has 0 unspecified atom stereocenters. The van der Waals surface area contributed by atoms with Gasteiger partial charge in [-0.15, -0.1) is 0 Å². The van der Waals surface area contributed by atoms with Crippen LogP contribution in [0.3, 0.4) is 0 Å². The molecule has 4 nitrogen and oxygen atoms in total. The summed E-state index contributed by atoms with van der Waals surface area (Å²) in [4.78, 5) is 16.8. The number of hydrogen-bond acceptors (Lipinski definition) is 4. The molecule has 0 saturated heterocycles. The van der Waals surface area contributed by atoms with Crippen molar-refractivity contribution in [3.8, 4) is 11.5 Å². The third-order valence-electron chi connectivity index (χ3n) is 3.71. The summed E-state index contributed by atoms with van der Waals surface area (Å²) in [7, 11) is 1.59. The number of Topliss-reactive ketones (excluding diaryl/α,β-unsaturated/α-hetero) is 1. The maximum Gasteiger partial charge on any atom is 0.200 e. The highest BCUT2D eigenvalue weighted by molar-refractivity contribution is 6.42. The van der Waals surface area contributed by atoms with Gasteiger partial charge < -0.3 is 9.47 Å². The van der Waals surface area contributed by atoms with Crippen LogP contribution in [0.2, 0.25) is 10.0 Å². The minimum absolute atomic E-state index is 0.117. The van der Waals surface area contributed by atoms with E-state index in [9.17, 15) is 4.79 Å². The van der Waals surface area contributed by atoms with Crippen molar-refractivity contribution in [3.63, 3.8) is 0 Å². The number of halogens is 2. The predicted molar refractivity (Wildman–Crippen MR) is 99.3 cm³/mol. The fraction of sp³-hybridized carbons (Fsp3) is 0.158. The summed E-state index contributed by atoms with van der Waals surface area (Å²) < 4.78 is 11.0. The number of benzene rings is 2. The van der Waals surface area contributed by atoms with E-state index in [4.69, 9.17) is 32.7 Å². The topological polar surface area (TPSA) is 48.4 Å². The van der Waals surface area contributed by atoms with Crippen LogP contribution >= 0.6 is 23.2 Å². The van der Waals surface area contributed by atoms with Gasteiger partial charge in [-0.3, -0.25) is 9.78 Å². The Hall–Kier alpha value is -2.30. The number of ketones is 1. The van der Waals surface area contributed by atoms with Crippen LogP contribution in [-0.4, -0.2) is 24.5 Å². The molecular weight excluding hydrogens is 361 g/mol. The van der Waals surface area contributed by atoms with Gasteiger partial charge in [0.25, 0.3) is 0 Å². The normalized spacial score (nSPS) is 10.7. The number of carbonyl (C=O) groups is 1. The number of rotatable bonds is 5. The SMILES string of the molecule is COc1ccc2nc(C)cc(OCC(=O)c3ccc(Cl)c(Cl)c3)c2c1. The van der Waals surface area contributed by atoms with Crippen molar-refractivity contribution in [1.82, 2.24) is 4.98 Å². The molecule has 0 aliphatic carbocycles. The molecule has 0 saturated carbocycles. The lowest BCUT2D eigenvalue weighted by molar-refractivity contribution is 0.0922. The molecule has 0 N–H and O–H groups in total. The van der Waals surface area contributed by atoms with Gasteiger partial charge in [-0.1, -0.05) is 23.2 Å². The Labute approximate surface area is 155 Å². The minimum atomic E-state index is -0.191. The summed E-state index contributed by atoms with van der Waals surface area (Å²) in [5.74, 6) is 1.08. The molecule has 2 aromatic carbocycles. The quantitative estimate of drug-likeness (QED) is 0.580. The van der Waals surface area contributed by atoms with E-state index in [1.807, 2.05) is 25.1 Å². The van der Waals surface area contributed by atoms with E-state index in [2.05, 4.69) is 4.98 Å². The van der Waals surface area contributed by atoms with E-state index < -0.39 is 0 Å². The Balaban J connectivity index is 1.87. The fourth-order valence-corrected chi connectivity index (χ4v) is 2.74. The van der Waals surface area contributed by atoms with Gasteiger partial charge in [0.15, 0.2) is 12.4 Å². The molecule has 0 bridgehead atoms. The second kappa shape index (κ2) is 7.30. The van der Waals surface area contributed by atoms with Gasteiger partial charge in [-0.05, 0) is 43.3 Å². The smallest absolute Gasteiger partial charge is 0.200 e. The molecule has 3 rings (SSSR count). The summed E-state index contributed by atoms with van der Waals surface area (Å²) in [6.07, 6.45) is 0. The first-order chi connectivity index (χ1) is 12.0. The molecule has 6 heteroatoms. The number of aryl methyl sites for hydroxylation is 1. The zero-order valence-electron chi connectivity index (χ0n) is 13.7. The molecule has 0 atom stereocenters. The Morgan fingerprint density at radius 2 is 1.88 bits per heavy atom. The second-order valence-electron chi connectivity index (χ2n) is 5.49. The van der Waals surface area contributed by atoms with Gasteiger partial charge in [0.1, 0.15) is 11.5 Å². The van der Waals surface area contributed by atoms with Crippen LogP contribution in [0.15, 0.2) is 42.5 Å². The number of carbonyl (C=O) groups excluding carboxylic acids is 1. The fourth-order valence-electron chi connectivity index (χ4n) is 2.44. The molecule has 3 aromatic rings. The zero-order chi connectivity index (χ0) is 18.0. The highest BCUT2D eigenvalue weighted by atomic mass is 35.5. The van der Waals surface area contributed by atoms with Gasteiger partial charge >= 0.3 is 0 Å². The number of ether oxygens (including phenoxy) is 2. The molecule has 0 aliphatic rings. The number of pyridine rings is 1. The molecule has 0 amide bonds. The van der Waals surface area contributed by atoms with Crippen molar-refractivity contribution in [2.75, 3.05) is 13.7 Å². The van der Waals surface area contributed by atoms with Crippen LogP contribution in [-0.2, 0) is 0 Å². The van der Waals surface area contributed by atoms with Crippen molar-refractivity contribution in [2.24, 2.45) is 0 Å². The van der Waals surface area contributed by atoms with E-state index in [1.165, 1.54) is 6.07 Å². The van der Waals surface area contributed by atoms with E-state index in [0.717, 1.165) is 16.6 Å². The summed E-state index contributed by atoms with van der Waals surface area (Å²) in [5, 5.41) is 1.52.